The highest BCUT2D eigenvalue weighted by Gasteiger charge is 2.39. The van der Waals surface area contributed by atoms with Gasteiger partial charge in [-0.1, -0.05) is 44.1 Å². The van der Waals surface area contributed by atoms with Crippen molar-refractivity contribution in [3.63, 3.8) is 0 Å². The summed E-state index contributed by atoms with van der Waals surface area (Å²) in [5.74, 6) is 1.39. The van der Waals surface area contributed by atoms with E-state index in [1.807, 2.05) is 24.3 Å². The van der Waals surface area contributed by atoms with Crippen LogP contribution < -0.4 is 0 Å². The first kappa shape index (κ1) is 15.2. The summed E-state index contributed by atoms with van der Waals surface area (Å²) in [6.45, 7) is 6.72. The van der Waals surface area contributed by atoms with Gasteiger partial charge in [-0.3, -0.25) is 0 Å². The standard InChI is InChI=1S/C15H21ClO2S/c1-9-10(2)14(8-17)18-15(11(9)3)19-13-6-4-12(16)5-7-13/h4-7,9-11,14-15,17H,8H2,1-3H3/t9-,10-,11?,14?,15-/m0/s1. The van der Waals surface area contributed by atoms with Gasteiger partial charge in [-0.15, -0.1) is 0 Å². The van der Waals surface area contributed by atoms with Crippen molar-refractivity contribution in [1.82, 2.24) is 0 Å². The molecule has 19 heavy (non-hydrogen) atoms. The summed E-state index contributed by atoms with van der Waals surface area (Å²) in [5, 5.41) is 10.2. The van der Waals surface area contributed by atoms with E-state index in [0.717, 1.165) is 9.92 Å². The van der Waals surface area contributed by atoms with Crippen molar-refractivity contribution in [3.8, 4) is 0 Å². The van der Waals surface area contributed by atoms with Gasteiger partial charge in [0.2, 0.25) is 0 Å². The van der Waals surface area contributed by atoms with Crippen LogP contribution in [-0.2, 0) is 4.74 Å². The van der Waals surface area contributed by atoms with E-state index in [9.17, 15) is 5.11 Å². The molecule has 0 bridgehead atoms. The van der Waals surface area contributed by atoms with Crippen molar-refractivity contribution in [1.29, 1.82) is 0 Å². The zero-order valence-electron chi connectivity index (χ0n) is 11.5. The fourth-order valence-corrected chi connectivity index (χ4v) is 3.83. The van der Waals surface area contributed by atoms with Crippen molar-refractivity contribution in [2.24, 2.45) is 17.8 Å². The summed E-state index contributed by atoms with van der Waals surface area (Å²) in [5.41, 5.74) is 0.0875. The van der Waals surface area contributed by atoms with Crippen LogP contribution in [0.4, 0.5) is 0 Å². The lowest BCUT2D eigenvalue weighted by atomic mass is 9.80. The van der Waals surface area contributed by atoms with E-state index >= 15 is 0 Å². The highest BCUT2D eigenvalue weighted by molar-refractivity contribution is 7.99. The Labute approximate surface area is 124 Å². The van der Waals surface area contributed by atoms with E-state index in [4.69, 9.17) is 16.3 Å². The van der Waals surface area contributed by atoms with Crippen LogP contribution in [-0.4, -0.2) is 23.3 Å². The normalized spacial score (nSPS) is 35.3. The SMILES string of the molecule is CC1[C@@H](C)[C@H](C)C(CO)O[C@H]1Sc1ccc(Cl)cc1. The predicted octanol–water partition coefficient (Wildman–Crippen LogP) is 4.06. The molecule has 1 aliphatic rings. The summed E-state index contributed by atoms with van der Waals surface area (Å²) in [4.78, 5) is 1.15. The molecule has 2 unspecified atom stereocenters. The van der Waals surface area contributed by atoms with E-state index in [1.54, 1.807) is 11.8 Å². The summed E-state index contributed by atoms with van der Waals surface area (Å²) < 4.78 is 6.04. The van der Waals surface area contributed by atoms with Gasteiger partial charge in [0.05, 0.1) is 12.7 Å². The number of ether oxygens (including phenoxy) is 1. The van der Waals surface area contributed by atoms with Gasteiger partial charge in [-0.05, 0) is 42.0 Å². The fourth-order valence-electron chi connectivity index (χ4n) is 2.48. The van der Waals surface area contributed by atoms with Crippen molar-refractivity contribution in [2.75, 3.05) is 6.61 Å². The second-order valence-corrected chi connectivity index (χ2v) is 6.98. The Kier molecular flexibility index (Phi) is 5.18. The number of aliphatic hydroxyl groups is 1. The Morgan fingerprint density at radius 1 is 1.11 bits per heavy atom. The molecule has 1 aromatic carbocycles. The molecule has 0 amide bonds. The molecule has 1 aromatic rings. The van der Waals surface area contributed by atoms with Gasteiger partial charge in [0.25, 0.3) is 0 Å². The molecule has 1 N–H and O–H groups in total. The topological polar surface area (TPSA) is 29.5 Å². The molecule has 4 heteroatoms. The minimum atomic E-state index is -0.0593. The Balaban J connectivity index is 2.08. The van der Waals surface area contributed by atoms with Crippen LogP contribution >= 0.6 is 23.4 Å². The molecule has 2 nitrogen and oxygen atoms in total. The average Bonchev–Trinajstić information content (AvgIpc) is 2.42. The maximum Gasteiger partial charge on any atom is 0.111 e. The Bertz CT molecular complexity index is 407. The number of hydrogen-bond donors (Lipinski definition) is 1. The molecule has 106 valence electrons. The summed E-state index contributed by atoms with van der Waals surface area (Å²) in [6, 6.07) is 7.82. The van der Waals surface area contributed by atoms with Gasteiger partial charge >= 0.3 is 0 Å². The molecule has 0 saturated carbocycles. The van der Waals surface area contributed by atoms with Crippen LogP contribution in [0.5, 0.6) is 0 Å². The highest BCUT2D eigenvalue weighted by Crippen LogP contribution is 2.41. The minimum Gasteiger partial charge on any atom is -0.394 e. The van der Waals surface area contributed by atoms with Gasteiger partial charge in [-0.2, -0.15) is 0 Å². The smallest absolute Gasteiger partial charge is 0.111 e. The Hall–Kier alpha value is -0.220. The van der Waals surface area contributed by atoms with E-state index in [2.05, 4.69) is 20.8 Å². The maximum atomic E-state index is 9.43. The molecule has 1 aliphatic heterocycles. The van der Waals surface area contributed by atoms with Gasteiger partial charge in [0.15, 0.2) is 0 Å². The van der Waals surface area contributed by atoms with Crippen LogP contribution in [0.25, 0.3) is 0 Å². The third-order valence-electron chi connectivity index (χ3n) is 4.23. The van der Waals surface area contributed by atoms with E-state index < -0.39 is 0 Å². The Morgan fingerprint density at radius 3 is 2.32 bits per heavy atom. The summed E-state index contributed by atoms with van der Waals surface area (Å²) >= 11 is 7.61. The van der Waals surface area contributed by atoms with Gasteiger partial charge < -0.3 is 9.84 Å². The van der Waals surface area contributed by atoms with Crippen molar-refractivity contribution in [3.05, 3.63) is 29.3 Å². The highest BCUT2D eigenvalue weighted by atomic mass is 35.5. The van der Waals surface area contributed by atoms with Crippen molar-refractivity contribution >= 4 is 23.4 Å². The van der Waals surface area contributed by atoms with Gasteiger partial charge in [-0.25, -0.2) is 0 Å². The van der Waals surface area contributed by atoms with Crippen LogP contribution in [0.3, 0.4) is 0 Å². The molecule has 0 aromatic heterocycles. The zero-order chi connectivity index (χ0) is 14.0. The second kappa shape index (κ2) is 6.49. The molecule has 0 aliphatic carbocycles. The lowest BCUT2D eigenvalue weighted by molar-refractivity contribution is -0.112. The van der Waals surface area contributed by atoms with E-state index in [-0.39, 0.29) is 18.1 Å². The van der Waals surface area contributed by atoms with Crippen molar-refractivity contribution < 1.29 is 9.84 Å². The number of aliphatic hydroxyl groups excluding tert-OH is 1. The number of thioether (sulfide) groups is 1. The van der Waals surface area contributed by atoms with Gasteiger partial charge in [0.1, 0.15) is 5.44 Å². The van der Waals surface area contributed by atoms with E-state index in [1.165, 1.54) is 0 Å². The van der Waals surface area contributed by atoms with Crippen LogP contribution in [0, 0.1) is 17.8 Å². The number of hydrogen-bond acceptors (Lipinski definition) is 3. The molecule has 5 atom stereocenters. The lowest BCUT2D eigenvalue weighted by Gasteiger charge is -2.42. The number of rotatable bonds is 3. The monoisotopic (exact) mass is 300 g/mol. The largest absolute Gasteiger partial charge is 0.394 e. The Morgan fingerprint density at radius 2 is 1.74 bits per heavy atom. The minimum absolute atomic E-state index is 0.0593. The second-order valence-electron chi connectivity index (χ2n) is 5.37. The summed E-state index contributed by atoms with van der Waals surface area (Å²) in [6.07, 6.45) is -0.0593. The lowest BCUT2D eigenvalue weighted by Crippen LogP contribution is -2.44. The van der Waals surface area contributed by atoms with Crippen molar-refractivity contribution in [2.45, 2.75) is 37.2 Å². The molecular formula is C15H21ClO2S. The molecule has 1 heterocycles. The summed E-state index contributed by atoms with van der Waals surface area (Å²) in [7, 11) is 0. The first-order valence-electron chi connectivity index (χ1n) is 6.71. The maximum absolute atomic E-state index is 9.43. The van der Waals surface area contributed by atoms with Gasteiger partial charge in [0, 0.05) is 9.92 Å². The van der Waals surface area contributed by atoms with Crippen LogP contribution in [0.15, 0.2) is 29.2 Å². The third-order valence-corrected chi connectivity index (χ3v) is 5.80. The molecule has 0 radical (unpaired) electrons. The molecule has 1 fully saturated rings. The third kappa shape index (κ3) is 3.46. The van der Waals surface area contributed by atoms with E-state index in [0.29, 0.717) is 17.8 Å². The first-order valence-corrected chi connectivity index (χ1v) is 7.97. The molecule has 2 rings (SSSR count). The average molecular weight is 301 g/mol. The number of halogens is 1. The quantitative estimate of drug-likeness (QED) is 0.913. The fraction of sp³-hybridized carbons (Fsp3) is 0.600. The molecule has 0 spiro atoms. The molecule has 1 saturated heterocycles. The number of benzene rings is 1. The predicted molar refractivity (Wildman–Crippen MR) is 80.5 cm³/mol. The first-order chi connectivity index (χ1) is 9.02. The molecular weight excluding hydrogens is 280 g/mol. The zero-order valence-corrected chi connectivity index (χ0v) is 13.1. The van der Waals surface area contributed by atoms with Crippen LogP contribution in [0.2, 0.25) is 5.02 Å². The van der Waals surface area contributed by atoms with Crippen LogP contribution in [0.1, 0.15) is 20.8 Å².